The summed E-state index contributed by atoms with van der Waals surface area (Å²) in [6, 6.07) is 16.4. The second-order valence-electron chi connectivity index (χ2n) is 9.26. The van der Waals surface area contributed by atoms with Crippen molar-refractivity contribution in [3.8, 4) is 0 Å². The van der Waals surface area contributed by atoms with Crippen molar-refractivity contribution in [3.05, 3.63) is 65.7 Å². The zero-order valence-corrected chi connectivity index (χ0v) is 19.3. The lowest BCUT2D eigenvalue weighted by Gasteiger charge is -2.44. The van der Waals surface area contributed by atoms with Gasteiger partial charge in [-0.2, -0.15) is 4.31 Å². The predicted molar refractivity (Wildman–Crippen MR) is 120 cm³/mol. The lowest BCUT2D eigenvalue weighted by Crippen LogP contribution is -2.60. The van der Waals surface area contributed by atoms with Crippen molar-refractivity contribution in [2.75, 3.05) is 13.1 Å². The van der Waals surface area contributed by atoms with Crippen LogP contribution < -0.4 is 0 Å². The molecule has 0 saturated carbocycles. The third-order valence-corrected chi connectivity index (χ3v) is 7.58. The third-order valence-electron chi connectivity index (χ3n) is 5.73. The van der Waals surface area contributed by atoms with E-state index in [2.05, 4.69) is 20.8 Å². The number of benzene rings is 2. The Bertz CT molecular complexity index is 967. The Morgan fingerprint density at radius 3 is 1.97 bits per heavy atom. The van der Waals surface area contributed by atoms with E-state index >= 15 is 0 Å². The predicted octanol–water partition coefficient (Wildman–Crippen LogP) is 3.84. The molecule has 6 heteroatoms. The van der Waals surface area contributed by atoms with Gasteiger partial charge in [0.15, 0.2) is 0 Å². The molecule has 1 amide bonds. The van der Waals surface area contributed by atoms with Gasteiger partial charge in [0.05, 0.1) is 11.3 Å². The summed E-state index contributed by atoms with van der Waals surface area (Å²) in [7, 11) is -3.60. The minimum absolute atomic E-state index is 0.0317. The maximum atomic E-state index is 13.2. The van der Waals surface area contributed by atoms with Gasteiger partial charge in [-0.05, 0) is 42.5 Å². The lowest BCUT2D eigenvalue weighted by molar-refractivity contribution is -0.137. The Hall–Kier alpha value is -2.18. The maximum absolute atomic E-state index is 13.2. The van der Waals surface area contributed by atoms with E-state index in [0.29, 0.717) is 24.4 Å². The lowest BCUT2D eigenvalue weighted by atomic mass is 9.87. The van der Waals surface area contributed by atoms with Gasteiger partial charge in [0.25, 0.3) is 0 Å². The molecular weight excluding hydrogens is 396 g/mol. The summed E-state index contributed by atoms with van der Waals surface area (Å²) < 4.78 is 28.0. The van der Waals surface area contributed by atoms with Gasteiger partial charge in [0, 0.05) is 25.2 Å². The molecule has 1 saturated heterocycles. The molecular formula is C24H32N2O3S. The molecule has 0 radical (unpaired) electrons. The van der Waals surface area contributed by atoms with Crippen LogP contribution in [0.5, 0.6) is 0 Å². The first kappa shape index (κ1) is 22.5. The van der Waals surface area contributed by atoms with Crippen LogP contribution in [0.1, 0.15) is 45.7 Å². The molecule has 3 rings (SSSR count). The van der Waals surface area contributed by atoms with E-state index < -0.39 is 10.0 Å². The fourth-order valence-electron chi connectivity index (χ4n) is 4.10. The van der Waals surface area contributed by atoms with Gasteiger partial charge in [-0.1, -0.05) is 63.2 Å². The van der Waals surface area contributed by atoms with Crippen molar-refractivity contribution in [1.29, 1.82) is 0 Å². The van der Waals surface area contributed by atoms with Gasteiger partial charge < -0.3 is 4.90 Å². The zero-order chi connectivity index (χ0) is 22.1. The molecule has 2 aromatic rings. The summed E-state index contributed by atoms with van der Waals surface area (Å²) in [4.78, 5) is 15.0. The number of carbonyl (C=O) groups excluding carboxylic acids is 1. The van der Waals surface area contributed by atoms with Crippen LogP contribution in [-0.2, 0) is 26.7 Å². The number of nitrogens with zero attached hydrogens (tertiary/aromatic N) is 2. The van der Waals surface area contributed by atoms with Crippen molar-refractivity contribution in [2.24, 2.45) is 0 Å². The van der Waals surface area contributed by atoms with E-state index in [4.69, 9.17) is 0 Å². The minimum atomic E-state index is -3.60. The molecule has 30 heavy (non-hydrogen) atoms. The van der Waals surface area contributed by atoms with Crippen molar-refractivity contribution in [2.45, 2.75) is 63.4 Å². The normalized spacial score (nSPS) is 20.9. The van der Waals surface area contributed by atoms with Gasteiger partial charge >= 0.3 is 0 Å². The second-order valence-corrected chi connectivity index (χ2v) is 11.2. The van der Waals surface area contributed by atoms with Crippen LogP contribution in [0.4, 0.5) is 0 Å². The van der Waals surface area contributed by atoms with E-state index in [-0.39, 0.29) is 23.4 Å². The highest BCUT2D eigenvalue weighted by Crippen LogP contribution is 2.27. The number of rotatable bonds is 4. The highest BCUT2D eigenvalue weighted by Gasteiger charge is 2.38. The molecule has 5 nitrogen and oxygen atoms in total. The fraction of sp³-hybridized carbons (Fsp3) is 0.458. The highest BCUT2D eigenvalue weighted by molar-refractivity contribution is 7.89. The van der Waals surface area contributed by atoms with Crippen LogP contribution in [0.25, 0.3) is 0 Å². The first-order valence-electron chi connectivity index (χ1n) is 10.5. The Morgan fingerprint density at radius 1 is 0.933 bits per heavy atom. The zero-order valence-electron chi connectivity index (χ0n) is 18.5. The van der Waals surface area contributed by atoms with Crippen molar-refractivity contribution in [3.63, 3.8) is 0 Å². The maximum Gasteiger partial charge on any atom is 0.243 e. The molecule has 1 aliphatic rings. The van der Waals surface area contributed by atoms with E-state index in [9.17, 15) is 13.2 Å². The van der Waals surface area contributed by atoms with E-state index in [1.54, 1.807) is 12.1 Å². The van der Waals surface area contributed by atoms with E-state index in [1.807, 2.05) is 61.2 Å². The Labute approximate surface area is 180 Å². The number of hydrogen-bond acceptors (Lipinski definition) is 3. The summed E-state index contributed by atoms with van der Waals surface area (Å²) in [5, 5.41) is 0. The molecule has 0 aromatic heterocycles. The molecule has 162 valence electrons. The van der Waals surface area contributed by atoms with Gasteiger partial charge in [0.1, 0.15) is 0 Å². The van der Waals surface area contributed by atoms with Gasteiger partial charge in [-0.25, -0.2) is 8.42 Å². The van der Waals surface area contributed by atoms with Crippen LogP contribution in [0.15, 0.2) is 59.5 Å². The summed E-state index contributed by atoms with van der Waals surface area (Å²) in [6.45, 7) is 10.7. The van der Waals surface area contributed by atoms with E-state index in [1.165, 1.54) is 4.31 Å². The number of sulfonamides is 1. The van der Waals surface area contributed by atoms with Crippen LogP contribution in [-0.4, -0.2) is 48.7 Å². The van der Waals surface area contributed by atoms with Crippen LogP contribution in [0, 0.1) is 0 Å². The van der Waals surface area contributed by atoms with Gasteiger partial charge in [-0.3, -0.25) is 4.79 Å². The largest absolute Gasteiger partial charge is 0.334 e. The Balaban J connectivity index is 1.74. The SMILES string of the molecule is CC1CN(S(=O)(=O)c2ccc(C(C)(C)C)cc2)CC(C)N1C(=O)Cc1ccccc1. The summed E-state index contributed by atoms with van der Waals surface area (Å²) in [6.07, 6.45) is 0.330. The van der Waals surface area contributed by atoms with Crippen molar-refractivity contribution >= 4 is 15.9 Å². The molecule has 0 aliphatic carbocycles. The first-order chi connectivity index (χ1) is 14.0. The topological polar surface area (TPSA) is 57.7 Å². The summed E-state index contributed by atoms with van der Waals surface area (Å²) >= 11 is 0. The highest BCUT2D eigenvalue weighted by atomic mass is 32.2. The van der Waals surface area contributed by atoms with Crippen molar-refractivity contribution < 1.29 is 13.2 Å². The van der Waals surface area contributed by atoms with Gasteiger partial charge in [0.2, 0.25) is 15.9 Å². The van der Waals surface area contributed by atoms with Crippen LogP contribution >= 0.6 is 0 Å². The summed E-state index contributed by atoms with van der Waals surface area (Å²) in [5.74, 6) is 0.0350. The molecule has 1 aliphatic heterocycles. The van der Waals surface area contributed by atoms with Crippen LogP contribution in [0.3, 0.4) is 0 Å². The Morgan fingerprint density at radius 2 is 1.47 bits per heavy atom. The first-order valence-corrected chi connectivity index (χ1v) is 11.9. The number of hydrogen-bond donors (Lipinski definition) is 0. The molecule has 2 atom stereocenters. The molecule has 0 bridgehead atoms. The molecule has 1 heterocycles. The quantitative estimate of drug-likeness (QED) is 0.744. The Kier molecular flexibility index (Phi) is 6.39. The third kappa shape index (κ3) is 4.76. The number of piperazine rings is 1. The average Bonchev–Trinajstić information content (AvgIpc) is 2.67. The molecule has 1 fully saturated rings. The van der Waals surface area contributed by atoms with E-state index in [0.717, 1.165) is 11.1 Å². The summed E-state index contributed by atoms with van der Waals surface area (Å²) in [5.41, 5.74) is 2.03. The molecule has 0 spiro atoms. The second kappa shape index (κ2) is 8.52. The average molecular weight is 429 g/mol. The smallest absolute Gasteiger partial charge is 0.243 e. The van der Waals surface area contributed by atoms with Gasteiger partial charge in [-0.15, -0.1) is 0 Å². The molecule has 0 N–H and O–H groups in total. The minimum Gasteiger partial charge on any atom is -0.334 e. The molecule has 2 unspecified atom stereocenters. The molecule has 2 aromatic carbocycles. The monoisotopic (exact) mass is 428 g/mol. The van der Waals surface area contributed by atoms with Crippen molar-refractivity contribution in [1.82, 2.24) is 9.21 Å². The number of amides is 1. The van der Waals surface area contributed by atoms with Crippen LogP contribution in [0.2, 0.25) is 0 Å². The number of carbonyl (C=O) groups is 1. The standard InChI is InChI=1S/C24H32N2O3S/c1-18-16-25(30(28,29)22-13-11-21(12-14-22)24(3,4)5)17-19(2)26(18)23(27)15-20-9-7-6-8-10-20/h6-14,18-19H,15-17H2,1-5H3. The fourth-order valence-corrected chi connectivity index (χ4v) is 5.70.